The average molecular weight is 236 g/mol. The molecule has 0 saturated heterocycles. The van der Waals surface area contributed by atoms with Crippen LogP contribution in [0.1, 0.15) is 23.3 Å². The van der Waals surface area contributed by atoms with Crippen LogP contribution >= 0.6 is 0 Å². The minimum absolute atomic E-state index is 0.0666. The van der Waals surface area contributed by atoms with Gasteiger partial charge in [0.1, 0.15) is 5.75 Å². The highest BCUT2D eigenvalue weighted by molar-refractivity contribution is 5.95. The fourth-order valence-corrected chi connectivity index (χ4v) is 1.52. The van der Waals surface area contributed by atoms with Gasteiger partial charge in [0.05, 0.1) is 5.41 Å². The molecule has 0 bridgehead atoms. The maximum absolute atomic E-state index is 11.6. The predicted octanol–water partition coefficient (Wildman–Crippen LogP) is 0.382. The zero-order chi connectivity index (χ0) is 12.5. The van der Waals surface area contributed by atoms with E-state index in [0.717, 1.165) is 0 Å². The first-order valence-electron chi connectivity index (χ1n) is 5.21. The monoisotopic (exact) mass is 236 g/mol. The maximum atomic E-state index is 11.6. The van der Waals surface area contributed by atoms with E-state index in [1.165, 1.54) is 18.3 Å². The SMILES string of the molecule is O=C(NCC1(C(=O)O)CC1)c1ncccc1O. The van der Waals surface area contributed by atoms with Crippen LogP contribution in [0.25, 0.3) is 0 Å². The van der Waals surface area contributed by atoms with Crippen molar-refractivity contribution in [3.05, 3.63) is 24.0 Å². The van der Waals surface area contributed by atoms with Crippen LogP contribution in [-0.2, 0) is 4.79 Å². The molecule has 1 heterocycles. The highest BCUT2D eigenvalue weighted by Crippen LogP contribution is 2.45. The van der Waals surface area contributed by atoms with E-state index in [1.807, 2.05) is 0 Å². The van der Waals surface area contributed by atoms with E-state index in [4.69, 9.17) is 5.11 Å². The molecule has 3 N–H and O–H groups in total. The lowest BCUT2D eigenvalue weighted by molar-refractivity contribution is -0.143. The second-order valence-corrected chi connectivity index (χ2v) is 4.14. The van der Waals surface area contributed by atoms with Crippen molar-refractivity contribution in [2.75, 3.05) is 6.54 Å². The van der Waals surface area contributed by atoms with Crippen molar-refractivity contribution in [1.29, 1.82) is 0 Å². The lowest BCUT2D eigenvalue weighted by atomic mass is 10.1. The summed E-state index contributed by atoms with van der Waals surface area (Å²) in [6, 6.07) is 2.86. The third-order valence-corrected chi connectivity index (χ3v) is 2.90. The zero-order valence-electron chi connectivity index (χ0n) is 9.01. The smallest absolute Gasteiger partial charge is 0.311 e. The van der Waals surface area contributed by atoms with Crippen LogP contribution in [0.2, 0.25) is 0 Å². The molecule has 1 aliphatic rings. The number of carbonyl (C=O) groups excluding carboxylic acids is 1. The van der Waals surface area contributed by atoms with Crippen molar-refractivity contribution >= 4 is 11.9 Å². The van der Waals surface area contributed by atoms with Crippen molar-refractivity contribution in [2.24, 2.45) is 5.41 Å². The van der Waals surface area contributed by atoms with Gasteiger partial charge in [0.2, 0.25) is 0 Å². The van der Waals surface area contributed by atoms with Crippen molar-refractivity contribution < 1.29 is 19.8 Å². The summed E-state index contributed by atoms with van der Waals surface area (Å²) in [5.41, 5.74) is -0.909. The highest BCUT2D eigenvalue weighted by atomic mass is 16.4. The Morgan fingerprint density at radius 2 is 2.18 bits per heavy atom. The molecule has 0 atom stereocenters. The van der Waals surface area contributed by atoms with Gasteiger partial charge in [-0.1, -0.05) is 0 Å². The molecule has 6 nitrogen and oxygen atoms in total. The number of nitrogens with zero attached hydrogens (tertiary/aromatic N) is 1. The number of aromatic nitrogens is 1. The lowest BCUT2D eigenvalue weighted by Crippen LogP contribution is -2.34. The van der Waals surface area contributed by atoms with Crippen LogP contribution < -0.4 is 5.32 Å². The Hall–Kier alpha value is -2.11. The number of aromatic hydroxyl groups is 1. The van der Waals surface area contributed by atoms with E-state index in [-0.39, 0.29) is 18.0 Å². The fourth-order valence-electron chi connectivity index (χ4n) is 1.52. The van der Waals surface area contributed by atoms with Crippen LogP contribution in [0.15, 0.2) is 18.3 Å². The molecule has 1 saturated carbocycles. The molecule has 90 valence electrons. The number of carboxylic acid groups (broad SMARTS) is 1. The Bertz CT molecular complexity index is 468. The minimum atomic E-state index is -0.900. The van der Waals surface area contributed by atoms with Crippen molar-refractivity contribution in [2.45, 2.75) is 12.8 Å². The molecular weight excluding hydrogens is 224 g/mol. The van der Waals surface area contributed by atoms with E-state index in [2.05, 4.69) is 10.3 Å². The average Bonchev–Trinajstić information content (AvgIpc) is 3.07. The third-order valence-electron chi connectivity index (χ3n) is 2.90. The Balaban J connectivity index is 1.99. The van der Waals surface area contributed by atoms with Gasteiger partial charge in [-0.25, -0.2) is 4.98 Å². The molecular formula is C11H12N2O4. The van der Waals surface area contributed by atoms with E-state index >= 15 is 0 Å². The number of nitrogens with one attached hydrogen (secondary N) is 1. The van der Waals surface area contributed by atoms with Crippen LogP contribution in [0.3, 0.4) is 0 Å². The summed E-state index contributed by atoms with van der Waals surface area (Å²) >= 11 is 0. The maximum Gasteiger partial charge on any atom is 0.311 e. The fraction of sp³-hybridized carbons (Fsp3) is 0.364. The van der Waals surface area contributed by atoms with Gasteiger partial charge in [-0.15, -0.1) is 0 Å². The van der Waals surface area contributed by atoms with Crippen LogP contribution in [0.5, 0.6) is 5.75 Å². The summed E-state index contributed by atoms with van der Waals surface area (Å²) in [4.78, 5) is 26.3. The second kappa shape index (κ2) is 4.04. The van der Waals surface area contributed by atoms with Gasteiger partial charge in [-0.3, -0.25) is 9.59 Å². The number of pyridine rings is 1. The van der Waals surface area contributed by atoms with E-state index in [0.29, 0.717) is 12.8 Å². The van der Waals surface area contributed by atoms with Gasteiger partial charge in [0.15, 0.2) is 5.69 Å². The van der Waals surface area contributed by atoms with Gasteiger partial charge in [-0.05, 0) is 25.0 Å². The molecule has 0 unspecified atom stereocenters. The summed E-state index contributed by atoms with van der Waals surface area (Å²) in [5.74, 6) is -1.68. The first-order chi connectivity index (χ1) is 8.05. The summed E-state index contributed by atoms with van der Waals surface area (Å²) < 4.78 is 0. The molecule has 1 amide bonds. The van der Waals surface area contributed by atoms with Crippen molar-refractivity contribution in [3.8, 4) is 5.75 Å². The first kappa shape index (κ1) is 11.4. The number of aliphatic carboxylic acids is 1. The van der Waals surface area contributed by atoms with Gasteiger partial charge >= 0.3 is 5.97 Å². The van der Waals surface area contributed by atoms with Crippen LogP contribution in [0.4, 0.5) is 0 Å². The lowest BCUT2D eigenvalue weighted by Gasteiger charge is -2.11. The minimum Gasteiger partial charge on any atom is -0.505 e. The molecule has 1 fully saturated rings. The predicted molar refractivity (Wildman–Crippen MR) is 57.5 cm³/mol. The largest absolute Gasteiger partial charge is 0.505 e. The summed E-state index contributed by atoms with van der Waals surface area (Å²) in [6.45, 7) is 0.0666. The van der Waals surface area contributed by atoms with Gasteiger partial charge in [0.25, 0.3) is 5.91 Å². The van der Waals surface area contributed by atoms with Crippen molar-refractivity contribution in [3.63, 3.8) is 0 Å². The highest BCUT2D eigenvalue weighted by Gasteiger charge is 2.50. The Morgan fingerprint density at radius 3 is 2.71 bits per heavy atom. The Labute approximate surface area is 97.3 Å². The normalized spacial score (nSPS) is 16.2. The molecule has 0 aromatic carbocycles. The van der Waals surface area contributed by atoms with Crippen molar-refractivity contribution in [1.82, 2.24) is 10.3 Å². The first-order valence-corrected chi connectivity index (χ1v) is 5.21. The quantitative estimate of drug-likeness (QED) is 0.701. The Morgan fingerprint density at radius 1 is 1.47 bits per heavy atom. The molecule has 2 rings (SSSR count). The van der Waals surface area contributed by atoms with E-state index in [9.17, 15) is 14.7 Å². The van der Waals surface area contributed by atoms with Gasteiger partial charge < -0.3 is 15.5 Å². The molecule has 1 aromatic heterocycles. The number of carboxylic acids is 1. The molecule has 0 spiro atoms. The van der Waals surface area contributed by atoms with Crippen LogP contribution in [0, 0.1) is 5.41 Å². The number of rotatable bonds is 4. The molecule has 1 aromatic rings. The van der Waals surface area contributed by atoms with E-state index in [1.54, 1.807) is 0 Å². The number of amides is 1. The number of carbonyl (C=O) groups is 2. The molecule has 0 radical (unpaired) electrons. The van der Waals surface area contributed by atoms with E-state index < -0.39 is 17.3 Å². The Kier molecular flexibility index (Phi) is 2.71. The summed E-state index contributed by atoms with van der Waals surface area (Å²) in [7, 11) is 0. The van der Waals surface area contributed by atoms with Gasteiger partial charge in [-0.2, -0.15) is 0 Å². The summed E-state index contributed by atoms with van der Waals surface area (Å²) in [5, 5.41) is 20.8. The topological polar surface area (TPSA) is 99.5 Å². The molecule has 6 heteroatoms. The standard InChI is InChI=1S/C11H12N2O4/c14-7-2-1-5-12-8(7)9(15)13-6-11(3-4-11)10(16)17/h1-2,5,14H,3-4,6H2,(H,13,15)(H,16,17). The molecule has 17 heavy (non-hydrogen) atoms. The van der Waals surface area contributed by atoms with Crippen LogP contribution in [-0.4, -0.2) is 33.6 Å². The third kappa shape index (κ3) is 2.20. The second-order valence-electron chi connectivity index (χ2n) is 4.14. The van der Waals surface area contributed by atoms with Gasteiger partial charge in [0, 0.05) is 12.7 Å². The number of hydrogen-bond donors (Lipinski definition) is 3. The zero-order valence-corrected chi connectivity index (χ0v) is 9.01. The summed E-state index contributed by atoms with van der Waals surface area (Å²) in [6.07, 6.45) is 2.52. The molecule has 0 aliphatic heterocycles. The number of hydrogen-bond acceptors (Lipinski definition) is 4. The molecule has 1 aliphatic carbocycles.